The number of imide groups is 1. The number of ether oxygens (including phenoxy) is 1. The summed E-state index contributed by atoms with van der Waals surface area (Å²) < 4.78 is 20.1. The second kappa shape index (κ2) is 10.2. The summed E-state index contributed by atoms with van der Waals surface area (Å²) in [5.74, 6) is -0.662. The van der Waals surface area contributed by atoms with Crippen LogP contribution < -0.4 is 4.74 Å². The third-order valence-electron chi connectivity index (χ3n) is 4.79. The molecule has 0 saturated carbocycles. The quantitative estimate of drug-likeness (QED) is 0.313. The van der Waals surface area contributed by atoms with Crippen LogP contribution in [0.5, 0.6) is 5.75 Å². The molecule has 33 heavy (non-hydrogen) atoms. The van der Waals surface area contributed by atoms with Gasteiger partial charge in [0.2, 0.25) is 0 Å². The zero-order valence-corrected chi connectivity index (χ0v) is 19.9. The summed E-state index contributed by atoms with van der Waals surface area (Å²) >= 11 is 19.0. The van der Waals surface area contributed by atoms with Gasteiger partial charge in [-0.1, -0.05) is 53.0 Å². The molecule has 0 N–H and O–H groups in total. The Bertz CT molecular complexity index is 1260. The molecule has 9 heteroatoms. The van der Waals surface area contributed by atoms with Gasteiger partial charge < -0.3 is 4.74 Å². The van der Waals surface area contributed by atoms with Crippen LogP contribution in [0.15, 0.2) is 65.6 Å². The minimum atomic E-state index is -0.586. The second-order valence-corrected chi connectivity index (χ2v) is 9.34. The van der Waals surface area contributed by atoms with Crippen molar-refractivity contribution in [2.24, 2.45) is 0 Å². The number of nitrogens with zero attached hydrogens (tertiary/aromatic N) is 1. The fraction of sp³-hybridized carbons (Fsp3) is 0.0833. The topological polar surface area (TPSA) is 46.6 Å². The first kappa shape index (κ1) is 23.6. The molecule has 1 aliphatic rings. The van der Waals surface area contributed by atoms with Crippen molar-refractivity contribution in [3.05, 3.63) is 103 Å². The molecule has 3 aromatic rings. The first-order valence-electron chi connectivity index (χ1n) is 9.67. The molecule has 1 saturated heterocycles. The molecule has 0 spiro atoms. The van der Waals surface area contributed by atoms with E-state index in [0.717, 1.165) is 22.2 Å². The van der Waals surface area contributed by atoms with Crippen LogP contribution in [0.25, 0.3) is 6.08 Å². The maximum absolute atomic E-state index is 14.2. The molecule has 0 unspecified atom stereocenters. The van der Waals surface area contributed by atoms with Crippen LogP contribution in [0.2, 0.25) is 15.1 Å². The number of carbonyl (C=O) groups excluding carboxylic acids is 2. The smallest absolute Gasteiger partial charge is 0.293 e. The Morgan fingerprint density at radius 1 is 0.970 bits per heavy atom. The van der Waals surface area contributed by atoms with Crippen molar-refractivity contribution in [1.29, 1.82) is 0 Å². The van der Waals surface area contributed by atoms with Gasteiger partial charge in [0.25, 0.3) is 11.1 Å². The van der Waals surface area contributed by atoms with Gasteiger partial charge >= 0.3 is 0 Å². The van der Waals surface area contributed by atoms with Gasteiger partial charge in [0.1, 0.15) is 18.2 Å². The highest BCUT2D eigenvalue weighted by Crippen LogP contribution is 2.36. The largest absolute Gasteiger partial charge is 0.488 e. The van der Waals surface area contributed by atoms with Crippen molar-refractivity contribution >= 4 is 63.8 Å². The van der Waals surface area contributed by atoms with Crippen LogP contribution in [0, 0.1) is 5.82 Å². The van der Waals surface area contributed by atoms with E-state index in [4.69, 9.17) is 39.5 Å². The van der Waals surface area contributed by atoms with E-state index in [9.17, 15) is 14.0 Å². The van der Waals surface area contributed by atoms with Gasteiger partial charge in [-0.2, -0.15) is 0 Å². The molecule has 1 heterocycles. The van der Waals surface area contributed by atoms with Crippen LogP contribution in [-0.2, 0) is 17.9 Å². The van der Waals surface area contributed by atoms with Gasteiger partial charge in [0.05, 0.1) is 11.4 Å². The number of hydrogen-bond acceptors (Lipinski definition) is 4. The fourth-order valence-electron chi connectivity index (χ4n) is 3.17. The summed E-state index contributed by atoms with van der Waals surface area (Å²) in [4.78, 5) is 26.5. The first-order chi connectivity index (χ1) is 15.8. The third-order valence-corrected chi connectivity index (χ3v) is 6.53. The first-order valence-corrected chi connectivity index (χ1v) is 11.6. The minimum Gasteiger partial charge on any atom is -0.488 e. The molecule has 168 valence electrons. The molecule has 1 fully saturated rings. The van der Waals surface area contributed by atoms with Gasteiger partial charge in [0, 0.05) is 26.2 Å². The highest BCUT2D eigenvalue weighted by Gasteiger charge is 2.36. The average Bonchev–Trinajstić information content (AvgIpc) is 3.03. The van der Waals surface area contributed by atoms with E-state index in [1.165, 1.54) is 24.3 Å². The fourth-order valence-corrected chi connectivity index (χ4v) is 4.62. The highest BCUT2D eigenvalue weighted by atomic mass is 35.5. The Hall–Kier alpha value is -2.51. The van der Waals surface area contributed by atoms with E-state index in [1.54, 1.807) is 30.3 Å². The number of rotatable bonds is 6. The molecule has 0 bridgehead atoms. The molecule has 0 atom stereocenters. The number of halogens is 4. The summed E-state index contributed by atoms with van der Waals surface area (Å²) in [6.45, 7) is -0.0164. The van der Waals surface area contributed by atoms with Crippen LogP contribution in [0.1, 0.15) is 16.7 Å². The number of hydrogen-bond donors (Lipinski definition) is 0. The molecule has 4 nitrogen and oxygen atoms in total. The average molecular weight is 523 g/mol. The molecule has 0 aromatic heterocycles. The van der Waals surface area contributed by atoms with Gasteiger partial charge in [-0.3, -0.25) is 14.5 Å². The predicted octanol–water partition coefficient (Wildman–Crippen LogP) is 7.60. The van der Waals surface area contributed by atoms with E-state index in [0.29, 0.717) is 21.4 Å². The molecule has 2 amide bonds. The van der Waals surface area contributed by atoms with Gasteiger partial charge in [0.15, 0.2) is 0 Å². The summed E-state index contributed by atoms with van der Waals surface area (Å²) in [6.07, 6.45) is 1.53. The van der Waals surface area contributed by atoms with Gasteiger partial charge in [-0.05, 0) is 65.9 Å². The molecule has 0 aliphatic carbocycles. The highest BCUT2D eigenvalue weighted by molar-refractivity contribution is 8.18. The SMILES string of the molecule is O=C1S/C(=C/c2cc(Cl)ccc2OCc2cccc(Cl)c2)C(=O)N1Cc1c(F)cccc1Cl. The maximum atomic E-state index is 14.2. The van der Waals surface area contributed by atoms with Crippen molar-refractivity contribution in [3.8, 4) is 5.75 Å². The lowest BCUT2D eigenvalue weighted by molar-refractivity contribution is -0.123. The van der Waals surface area contributed by atoms with Crippen molar-refractivity contribution < 1.29 is 18.7 Å². The normalized spacial score (nSPS) is 14.9. The van der Waals surface area contributed by atoms with Crippen molar-refractivity contribution in [2.45, 2.75) is 13.2 Å². The maximum Gasteiger partial charge on any atom is 0.293 e. The predicted molar refractivity (Wildman–Crippen MR) is 130 cm³/mol. The number of carbonyl (C=O) groups is 2. The Kier molecular flexibility index (Phi) is 7.29. The van der Waals surface area contributed by atoms with Crippen LogP contribution in [0.3, 0.4) is 0 Å². The van der Waals surface area contributed by atoms with Gasteiger partial charge in [-0.25, -0.2) is 4.39 Å². The summed E-state index contributed by atoms with van der Waals surface area (Å²) in [7, 11) is 0. The lowest BCUT2D eigenvalue weighted by atomic mass is 10.1. The van der Waals surface area contributed by atoms with Crippen molar-refractivity contribution in [1.82, 2.24) is 4.90 Å². The lowest BCUT2D eigenvalue weighted by Crippen LogP contribution is -2.28. The van der Waals surface area contributed by atoms with Crippen molar-refractivity contribution in [3.63, 3.8) is 0 Å². The summed E-state index contributed by atoms with van der Waals surface area (Å²) in [5.41, 5.74) is 1.47. The Morgan fingerprint density at radius 3 is 2.48 bits per heavy atom. The van der Waals surface area contributed by atoms with E-state index >= 15 is 0 Å². The molecular weight excluding hydrogens is 508 g/mol. The zero-order valence-electron chi connectivity index (χ0n) is 16.9. The molecular formula is C24H15Cl3FNO3S. The van der Waals surface area contributed by atoms with Gasteiger partial charge in [-0.15, -0.1) is 0 Å². The second-order valence-electron chi connectivity index (χ2n) is 7.07. The zero-order chi connectivity index (χ0) is 23.5. The van der Waals surface area contributed by atoms with Crippen LogP contribution >= 0.6 is 46.6 Å². The lowest BCUT2D eigenvalue weighted by Gasteiger charge is -2.14. The van der Waals surface area contributed by atoms with E-state index in [1.807, 2.05) is 12.1 Å². The Labute approximate surface area is 208 Å². The number of thioether (sulfide) groups is 1. The molecule has 1 aliphatic heterocycles. The molecule has 3 aromatic carbocycles. The van der Waals surface area contributed by atoms with Crippen molar-refractivity contribution in [2.75, 3.05) is 0 Å². The Morgan fingerprint density at radius 2 is 1.73 bits per heavy atom. The monoisotopic (exact) mass is 521 g/mol. The molecule has 4 rings (SSSR count). The number of benzene rings is 3. The number of amides is 2. The summed E-state index contributed by atoms with van der Waals surface area (Å²) in [5, 5.41) is 0.656. The van der Waals surface area contributed by atoms with E-state index in [2.05, 4.69) is 0 Å². The standard InChI is InChI=1S/C24H15Cl3FNO3S/c25-16-4-1-3-14(9-16)13-32-21-8-7-17(26)10-15(21)11-22-23(30)29(24(31)33-22)12-18-19(27)5-2-6-20(18)28/h1-11H,12-13H2/b22-11+. The molecule has 0 radical (unpaired) electrons. The minimum absolute atomic E-state index is 0.0796. The Balaban J connectivity index is 1.58. The third kappa shape index (κ3) is 5.53. The van der Waals surface area contributed by atoms with E-state index in [-0.39, 0.29) is 28.6 Å². The summed E-state index contributed by atoms with van der Waals surface area (Å²) in [6, 6.07) is 16.4. The van der Waals surface area contributed by atoms with Crippen LogP contribution in [-0.4, -0.2) is 16.0 Å². The van der Waals surface area contributed by atoms with E-state index < -0.39 is 17.0 Å². The van der Waals surface area contributed by atoms with Crippen LogP contribution in [0.4, 0.5) is 9.18 Å².